The largest absolute Gasteiger partial charge is 0.309 e. The van der Waals surface area contributed by atoms with Crippen LogP contribution in [0.4, 0.5) is 0 Å². The summed E-state index contributed by atoms with van der Waals surface area (Å²) < 4.78 is 15.2. The highest BCUT2D eigenvalue weighted by Gasteiger charge is 2.29. The van der Waals surface area contributed by atoms with E-state index >= 15 is 4.57 Å². The van der Waals surface area contributed by atoms with E-state index < -0.39 is 7.14 Å². The smallest absolute Gasteiger partial charge is 0.171 e. The molecule has 0 saturated carbocycles. The molecule has 0 amide bonds. The summed E-state index contributed by atoms with van der Waals surface area (Å²) in [7, 11) is -3.15. The second kappa shape index (κ2) is 14.1. The van der Waals surface area contributed by atoms with Crippen molar-refractivity contribution in [2.45, 2.75) is 12.8 Å². The summed E-state index contributed by atoms with van der Waals surface area (Å²) in [6.07, 6.45) is 5.97. The first kappa shape index (κ1) is 33.7. The van der Waals surface area contributed by atoms with Gasteiger partial charge in [-0.1, -0.05) is 164 Å². The van der Waals surface area contributed by atoms with Gasteiger partial charge in [0, 0.05) is 55.0 Å². The topological polar surface area (TPSA) is 68.1 Å². The molecule has 2 aromatic heterocycles. The molecule has 0 saturated heterocycles. The van der Waals surface area contributed by atoms with Gasteiger partial charge in [0.25, 0.3) is 0 Å². The molecule has 56 heavy (non-hydrogen) atoms. The molecule has 6 heteroatoms. The molecular formula is C50H35N4OP. The normalized spacial score (nSPS) is 13.0. The molecule has 1 aliphatic rings. The zero-order valence-corrected chi connectivity index (χ0v) is 31.4. The highest BCUT2D eigenvalue weighted by Crippen LogP contribution is 2.44. The number of rotatable bonds is 7. The van der Waals surface area contributed by atoms with Crippen molar-refractivity contribution in [2.75, 3.05) is 0 Å². The molecule has 0 unspecified atom stereocenters. The Morgan fingerprint density at radius 3 is 1.73 bits per heavy atom. The minimum atomic E-state index is -3.15. The summed E-state index contributed by atoms with van der Waals surface area (Å²) in [4.78, 5) is 20.4. The van der Waals surface area contributed by atoms with Gasteiger partial charge in [0.2, 0.25) is 0 Å². The Morgan fingerprint density at radius 2 is 1.05 bits per heavy atom. The number of allylic oxidation sites excluding steroid dienone is 1. The Hall–Kier alpha value is -6.81. The van der Waals surface area contributed by atoms with E-state index in [9.17, 15) is 0 Å². The Balaban J connectivity index is 1.22. The van der Waals surface area contributed by atoms with Crippen LogP contribution in [-0.4, -0.2) is 21.2 Å². The Bertz CT molecular complexity index is 2990. The maximum absolute atomic E-state index is 15.2. The SMILES string of the molecule is O=P(c1ccccc1)(c1ccccc1)c1ccc(-c2nc3ccccc3c3c2cc(-c2cc(C4=CCCC=N4)nc(-c4ccccc4)n2)c2ccccc23)cc1. The zero-order chi connectivity index (χ0) is 37.5. The molecule has 266 valence electrons. The van der Waals surface area contributed by atoms with Gasteiger partial charge >= 0.3 is 0 Å². The molecule has 0 aliphatic carbocycles. The molecule has 0 fully saturated rings. The predicted molar refractivity (Wildman–Crippen MR) is 234 cm³/mol. The molecule has 1 aliphatic heterocycles. The number of para-hydroxylation sites is 1. The number of benzene rings is 7. The van der Waals surface area contributed by atoms with Crippen LogP contribution < -0.4 is 15.9 Å². The van der Waals surface area contributed by atoms with Gasteiger partial charge in [-0.25, -0.2) is 15.0 Å². The van der Waals surface area contributed by atoms with E-state index in [-0.39, 0.29) is 0 Å². The Kier molecular flexibility index (Phi) is 8.50. The highest BCUT2D eigenvalue weighted by atomic mass is 31.2. The lowest BCUT2D eigenvalue weighted by Gasteiger charge is -2.20. The van der Waals surface area contributed by atoms with Crippen LogP contribution in [0.25, 0.3) is 72.0 Å². The first-order chi connectivity index (χ1) is 27.6. The van der Waals surface area contributed by atoms with Crippen molar-refractivity contribution in [1.82, 2.24) is 15.0 Å². The molecule has 0 bridgehead atoms. The maximum Gasteiger partial charge on any atom is 0.171 e. The van der Waals surface area contributed by atoms with Crippen molar-refractivity contribution in [2.24, 2.45) is 4.99 Å². The third kappa shape index (κ3) is 5.85. The molecule has 7 aromatic carbocycles. The highest BCUT2D eigenvalue weighted by molar-refractivity contribution is 7.85. The summed E-state index contributed by atoms with van der Waals surface area (Å²) in [6, 6.07) is 59.1. The standard InChI is InChI=1S/C50H35N4OP/c55-56(36-18-6-2-7-19-36,37-20-8-3-9-21-37)38-29-27-34(28-30-38)49-43-32-42(39-22-10-11-23-40(39)48(43)41-24-12-13-25-44(41)52-49)46-33-47(45-26-14-15-31-51-45)54-50(53-46)35-16-4-1-5-17-35/h1-13,16-33H,14-15H2. The van der Waals surface area contributed by atoms with E-state index in [0.29, 0.717) is 5.82 Å². The minimum Gasteiger partial charge on any atom is -0.309 e. The van der Waals surface area contributed by atoms with Crippen molar-refractivity contribution in [1.29, 1.82) is 0 Å². The van der Waals surface area contributed by atoms with E-state index in [2.05, 4.69) is 72.8 Å². The van der Waals surface area contributed by atoms with Gasteiger partial charge in [0.1, 0.15) is 0 Å². The van der Waals surface area contributed by atoms with Crippen molar-refractivity contribution in [3.05, 3.63) is 188 Å². The molecule has 5 nitrogen and oxygen atoms in total. The summed E-state index contributed by atoms with van der Waals surface area (Å²) >= 11 is 0. The number of nitrogens with zero attached hydrogens (tertiary/aromatic N) is 4. The average Bonchev–Trinajstić information content (AvgIpc) is 3.29. The van der Waals surface area contributed by atoms with Crippen LogP contribution in [-0.2, 0) is 4.57 Å². The molecule has 0 radical (unpaired) electrons. The van der Waals surface area contributed by atoms with Crippen molar-refractivity contribution >= 4 is 67.4 Å². The van der Waals surface area contributed by atoms with Gasteiger partial charge in [-0.15, -0.1) is 0 Å². The summed E-state index contributed by atoms with van der Waals surface area (Å²) in [5, 5.41) is 7.81. The molecule has 9 aromatic rings. The van der Waals surface area contributed by atoms with Gasteiger partial charge in [-0.3, -0.25) is 4.99 Å². The summed E-state index contributed by atoms with van der Waals surface area (Å²) in [5.74, 6) is 0.651. The van der Waals surface area contributed by atoms with Gasteiger partial charge in [-0.05, 0) is 41.8 Å². The van der Waals surface area contributed by atoms with Gasteiger partial charge in [-0.2, -0.15) is 0 Å². The van der Waals surface area contributed by atoms with Crippen molar-refractivity contribution in [3.63, 3.8) is 0 Å². The predicted octanol–water partition coefficient (Wildman–Crippen LogP) is 11.2. The number of pyridine rings is 1. The van der Waals surface area contributed by atoms with Crippen LogP contribution in [0, 0.1) is 0 Å². The van der Waals surface area contributed by atoms with Crippen LogP contribution in [0.3, 0.4) is 0 Å². The second-order valence-electron chi connectivity index (χ2n) is 14.0. The van der Waals surface area contributed by atoms with Gasteiger partial charge < -0.3 is 4.57 Å². The van der Waals surface area contributed by atoms with E-state index in [4.69, 9.17) is 19.9 Å². The van der Waals surface area contributed by atoms with Crippen LogP contribution in [0.5, 0.6) is 0 Å². The first-order valence-corrected chi connectivity index (χ1v) is 20.6. The van der Waals surface area contributed by atoms with Crippen LogP contribution >= 0.6 is 7.14 Å². The number of fused-ring (bicyclic) bond motifs is 5. The third-order valence-corrected chi connectivity index (χ3v) is 13.7. The van der Waals surface area contributed by atoms with Gasteiger partial charge in [0.15, 0.2) is 13.0 Å². The van der Waals surface area contributed by atoms with E-state index in [0.717, 1.165) is 101 Å². The fourth-order valence-corrected chi connectivity index (χ4v) is 10.6. The summed E-state index contributed by atoms with van der Waals surface area (Å²) in [6.45, 7) is 0. The lowest BCUT2D eigenvalue weighted by Crippen LogP contribution is -2.24. The monoisotopic (exact) mass is 738 g/mol. The lowest BCUT2D eigenvalue weighted by molar-refractivity contribution is 0.592. The van der Waals surface area contributed by atoms with Crippen LogP contribution in [0.15, 0.2) is 187 Å². The molecule has 0 N–H and O–H groups in total. The molecule has 0 spiro atoms. The number of hydrogen-bond acceptors (Lipinski definition) is 5. The fourth-order valence-electron chi connectivity index (χ4n) is 7.91. The van der Waals surface area contributed by atoms with Crippen LogP contribution in [0.1, 0.15) is 18.5 Å². The van der Waals surface area contributed by atoms with Gasteiger partial charge in [0.05, 0.1) is 28.3 Å². The Morgan fingerprint density at radius 1 is 0.464 bits per heavy atom. The van der Waals surface area contributed by atoms with E-state index in [1.165, 1.54) is 0 Å². The second-order valence-corrected chi connectivity index (χ2v) is 16.8. The Labute approximate surface area is 325 Å². The third-order valence-electron chi connectivity index (χ3n) is 10.6. The molecule has 0 atom stereocenters. The summed E-state index contributed by atoms with van der Waals surface area (Å²) in [5.41, 5.74) is 7.10. The first-order valence-electron chi connectivity index (χ1n) is 18.9. The molecular weight excluding hydrogens is 704 g/mol. The zero-order valence-electron chi connectivity index (χ0n) is 30.5. The average molecular weight is 739 g/mol. The number of hydrogen-bond donors (Lipinski definition) is 0. The maximum atomic E-state index is 15.2. The molecule has 3 heterocycles. The van der Waals surface area contributed by atoms with E-state index in [1.54, 1.807) is 0 Å². The van der Waals surface area contributed by atoms with E-state index in [1.807, 2.05) is 115 Å². The fraction of sp³-hybridized carbons (Fsp3) is 0.0400. The lowest BCUT2D eigenvalue weighted by atomic mass is 9.91. The van der Waals surface area contributed by atoms with Crippen LogP contribution in [0.2, 0.25) is 0 Å². The molecule has 10 rings (SSSR count). The van der Waals surface area contributed by atoms with Crippen molar-refractivity contribution in [3.8, 4) is 33.9 Å². The van der Waals surface area contributed by atoms with Crippen molar-refractivity contribution < 1.29 is 4.57 Å². The number of aromatic nitrogens is 3. The minimum absolute atomic E-state index is 0.651. The number of aliphatic imine (C=N–C) groups is 1. The quantitative estimate of drug-likeness (QED) is 0.121.